The number of thiocarbonyl (C=S) groups is 1. The fourth-order valence-corrected chi connectivity index (χ4v) is 3.49. The minimum Gasteiger partial charge on any atom is -0.493 e. The maximum atomic E-state index is 5.40. The molecule has 1 aliphatic carbocycles. The van der Waals surface area contributed by atoms with Crippen LogP contribution in [0.3, 0.4) is 0 Å². The van der Waals surface area contributed by atoms with Crippen LogP contribution in [0.1, 0.15) is 19.3 Å². The Morgan fingerprint density at radius 2 is 1.71 bits per heavy atom. The van der Waals surface area contributed by atoms with E-state index in [1.165, 1.54) is 6.42 Å². The Balaban J connectivity index is 1.55. The zero-order chi connectivity index (χ0) is 21.8. The van der Waals surface area contributed by atoms with Crippen LogP contribution in [0.15, 0.2) is 30.5 Å². The number of nitrogens with zero attached hydrogens (tertiary/aromatic N) is 3. The molecule has 162 valence electrons. The number of rotatable bonds is 7. The van der Waals surface area contributed by atoms with Gasteiger partial charge in [-0.15, -0.1) is 0 Å². The number of anilines is 3. The fraction of sp³-hybridized carbons (Fsp3) is 0.333. The van der Waals surface area contributed by atoms with Crippen molar-refractivity contribution in [3.05, 3.63) is 30.5 Å². The van der Waals surface area contributed by atoms with Crippen LogP contribution in [0.25, 0.3) is 11.2 Å². The number of methoxy groups -OCH3 is 3. The van der Waals surface area contributed by atoms with Gasteiger partial charge in [0.25, 0.3) is 0 Å². The summed E-state index contributed by atoms with van der Waals surface area (Å²) in [5.74, 6) is 2.74. The smallest absolute Gasteiger partial charge is 0.203 e. The monoisotopic (exact) mass is 440 g/mol. The lowest BCUT2D eigenvalue weighted by Gasteiger charge is -2.27. The molecule has 3 aromatic rings. The summed E-state index contributed by atoms with van der Waals surface area (Å²) in [7, 11) is 4.70. The first-order chi connectivity index (χ1) is 15.1. The molecule has 1 aromatic carbocycles. The van der Waals surface area contributed by atoms with Crippen LogP contribution in [0.4, 0.5) is 17.3 Å². The van der Waals surface area contributed by atoms with E-state index in [1.807, 2.05) is 12.1 Å². The number of hydrogen-bond donors (Lipinski definition) is 3. The molecule has 2 heterocycles. The third kappa shape index (κ3) is 4.69. The van der Waals surface area contributed by atoms with Gasteiger partial charge in [0.1, 0.15) is 11.3 Å². The van der Waals surface area contributed by atoms with E-state index in [4.69, 9.17) is 26.4 Å². The predicted octanol–water partition coefficient (Wildman–Crippen LogP) is 3.63. The molecule has 9 nitrogen and oxygen atoms in total. The summed E-state index contributed by atoms with van der Waals surface area (Å²) < 4.78 is 16.2. The molecule has 0 radical (unpaired) electrons. The lowest BCUT2D eigenvalue weighted by Crippen LogP contribution is -2.41. The number of aromatic nitrogens is 3. The van der Waals surface area contributed by atoms with E-state index in [9.17, 15) is 0 Å². The highest BCUT2D eigenvalue weighted by Gasteiger charge is 2.18. The molecule has 0 aliphatic heterocycles. The van der Waals surface area contributed by atoms with Crippen LogP contribution in [-0.4, -0.2) is 47.4 Å². The fourth-order valence-electron chi connectivity index (χ4n) is 3.22. The molecule has 0 atom stereocenters. The molecule has 2 aromatic heterocycles. The van der Waals surface area contributed by atoms with Crippen LogP contribution in [0.2, 0.25) is 0 Å². The van der Waals surface area contributed by atoms with Gasteiger partial charge >= 0.3 is 0 Å². The summed E-state index contributed by atoms with van der Waals surface area (Å²) >= 11 is 5.37. The molecular weight excluding hydrogens is 416 g/mol. The Labute approximate surface area is 185 Å². The van der Waals surface area contributed by atoms with Crippen molar-refractivity contribution in [2.24, 2.45) is 0 Å². The second kappa shape index (κ2) is 9.17. The molecule has 1 saturated carbocycles. The van der Waals surface area contributed by atoms with Gasteiger partial charge in [-0.3, -0.25) is 0 Å². The molecule has 0 bridgehead atoms. The van der Waals surface area contributed by atoms with Gasteiger partial charge in [0.2, 0.25) is 5.75 Å². The Hall–Kier alpha value is -3.40. The van der Waals surface area contributed by atoms with Gasteiger partial charge in [0.15, 0.2) is 28.1 Å². The largest absolute Gasteiger partial charge is 0.493 e. The topological polar surface area (TPSA) is 102 Å². The van der Waals surface area contributed by atoms with Crippen LogP contribution in [0.5, 0.6) is 17.2 Å². The Bertz CT molecular complexity index is 1080. The minimum atomic E-state index is 0.453. The Morgan fingerprint density at radius 1 is 1.00 bits per heavy atom. The summed E-state index contributed by atoms with van der Waals surface area (Å²) in [5.41, 5.74) is 1.89. The molecular formula is C21H24N6O3S. The number of ether oxygens (including phenoxy) is 3. The molecule has 1 fully saturated rings. The van der Waals surface area contributed by atoms with Gasteiger partial charge < -0.3 is 30.2 Å². The van der Waals surface area contributed by atoms with Crippen LogP contribution >= 0.6 is 12.2 Å². The van der Waals surface area contributed by atoms with Crippen molar-refractivity contribution in [2.75, 3.05) is 32.0 Å². The first kappa shape index (κ1) is 20.9. The number of fused-ring (bicyclic) bond motifs is 1. The van der Waals surface area contributed by atoms with Crippen molar-refractivity contribution in [1.29, 1.82) is 0 Å². The molecule has 0 saturated heterocycles. The third-order valence-corrected chi connectivity index (χ3v) is 5.25. The molecule has 4 rings (SSSR count). The summed E-state index contributed by atoms with van der Waals surface area (Å²) in [4.78, 5) is 13.6. The van der Waals surface area contributed by atoms with E-state index in [0.717, 1.165) is 12.8 Å². The second-order valence-electron chi connectivity index (χ2n) is 7.06. The van der Waals surface area contributed by atoms with Gasteiger partial charge in [0, 0.05) is 23.9 Å². The molecule has 10 heteroatoms. The lowest BCUT2D eigenvalue weighted by molar-refractivity contribution is 0.324. The minimum absolute atomic E-state index is 0.453. The lowest BCUT2D eigenvalue weighted by atomic mass is 9.93. The maximum absolute atomic E-state index is 5.40. The standard InChI is InChI=1S/C21H24N6O3S/c1-28-15-9-13(10-16(29-2)19(15)30-3)23-18-11-22-14-7-8-17(25-20(14)26-18)27-21(31)24-12-5-4-6-12/h7-12H,4-6H2,1-3H3,(H3,23,24,25,26,27,31). The zero-order valence-electron chi connectivity index (χ0n) is 17.6. The van der Waals surface area contributed by atoms with E-state index in [0.29, 0.717) is 56.9 Å². The van der Waals surface area contributed by atoms with Gasteiger partial charge in [-0.2, -0.15) is 0 Å². The number of hydrogen-bond acceptors (Lipinski definition) is 8. The van der Waals surface area contributed by atoms with Crippen molar-refractivity contribution in [1.82, 2.24) is 20.3 Å². The molecule has 3 N–H and O–H groups in total. The highest BCUT2D eigenvalue weighted by Crippen LogP contribution is 2.40. The Morgan fingerprint density at radius 3 is 2.32 bits per heavy atom. The van der Waals surface area contributed by atoms with Gasteiger partial charge in [-0.05, 0) is 43.6 Å². The molecule has 0 spiro atoms. The van der Waals surface area contributed by atoms with E-state index in [1.54, 1.807) is 39.7 Å². The summed E-state index contributed by atoms with van der Waals surface area (Å²) in [6, 6.07) is 7.73. The summed E-state index contributed by atoms with van der Waals surface area (Å²) in [6.45, 7) is 0. The van der Waals surface area contributed by atoms with E-state index < -0.39 is 0 Å². The van der Waals surface area contributed by atoms with Gasteiger partial charge in [-0.25, -0.2) is 15.0 Å². The highest BCUT2D eigenvalue weighted by molar-refractivity contribution is 7.80. The summed E-state index contributed by atoms with van der Waals surface area (Å²) in [6.07, 6.45) is 5.18. The average Bonchev–Trinajstić information content (AvgIpc) is 2.75. The van der Waals surface area contributed by atoms with Gasteiger partial charge in [0.05, 0.1) is 27.5 Å². The normalized spacial score (nSPS) is 13.3. The molecule has 31 heavy (non-hydrogen) atoms. The third-order valence-electron chi connectivity index (χ3n) is 5.03. The molecule has 0 amide bonds. The second-order valence-corrected chi connectivity index (χ2v) is 7.47. The van der Waals surface area contributed by atoms with Crippen molar-refractivity contribution in [2.45, 2.75) is 25.3 Å². The maximum Gasteiger partial charge on any atom is 0.203 e. The first-order valence-corrected chi connectivity index (χ1v) is 10.3. The summed E-state index contributed by atoms with van der Waals surface area (Å²) in [5, 5.41) is 10.2. The first-order valence-electron chi connectivity index (χ1n) is 9.88. The number of nitrogens with one attached hydrogen (secondary N) is 3. The van der Waals surface area contributed by atoms with Crippen LogP contribution in [-0.2, 0) is 0 Å². The van der Waals surface area contributed by atoms with E-state index >= 15 is 0 Å². The average molecular weight is 441 g/mol. The van der Waals surface area contributed by atoms with E-state index in [-0.39, 0.29) is 0 Å². The van der Waals surface area contributed by atoms with E-state index in [2.05, 4.69) is 30.9 Å². The number of pyridine rings is 1. The molecule has 1 aliphatic rings. The van der Waals surface area contributed by atoms with Crippen molar-refractivity contribution in [3.63, 3.8) is 0 Å². The van der Waals surface area contributed by atoms with Gasteiger partial charge in [-0.1, -0.05) is 0 Å². The van der Waals surface area contributed by atoms with Crippen LogP contribution < -0.4 is 30.2 Å². The predicted molar refractivity (Wildman–Crippen MR) is 124 cm³/mol. The zero-order valence-corrected chi connectivity index (χ0v) is 18.4. The van der Waals surface area contributed by atoms with Crippen molar-refractivity contribution in [3.8, 4) is 17.2 Å². The molecule has 0 unspecified atom stereocenters. The van der Waals surface area contributed by atoms with Crippen molar-refractivity contribution >= 4 is 45.8 Å². The van der Waals surface area contributed by atoms with Crippen LogP contribution in [0, 0.1) is 0 Å². The van der Waals surface area contributed by atoms with Crippen molar-refractivity contribution < 1.29 is 14.2 Å². The Kier molecular flexibility index (Phi) is 6.17. The quantitative estimate of drug-likeness (QED) is 0.472. The highest BCUT2D eigenvalue weighted by atomic mass is 32.1. The SMILES string of the molecule is COc1cc(Nc2cnc3ccc(NC(=S)NC4CCC4)nc3n2)cc(OC)c1OC. The number of benzene rings is 1.